The highest BCUT2D eigenvalue weighted by Crippen LogP contribution is 2.49. The van der Waals surface area contributed by atoms with E-state index in [4.69, 9.17) is 0 Å². The molecule has 0 atom stereocenters. The molecule has 0 fully saturated rings. The molecule has 0 amide bonds. The number of thiophene rings is 3. The molecule has 0 spiro atoms. The lowest BCUT2D eigenvalue weighted by molar-refractivity contribution is 1.18. The molecule has 0 saturated carbocycles. The van der Waals surface area contributed by atoms with Crippen molar-refractivity contribution in [3.63, 3.8) is 0 Å². The summed E-state index contributed by atoms with van der Waals surface area (Å²) in [4.78, 5) is 11.1. The number of rotatable bonds is 4. The van der Waals surface area contributed by atoms with Crippen LogP contribution in [-0.2, 0) is 0 Å². The standard InChI is InChI=1S/C36H22N2S.C34H20N2S.C30H18N2S/c1-2-8-22(9-3-1)23-14-16-24(17-15-23)38-32-13-7-5-11-26(32)29-20-30-28-19-18-27-25-10-4-6-12-31(25)37-35(27)36(28)39-34(30)21-33(29)38;1-2-10-21-20(8-1)9-7-15-29(21)36-30-14-6-4-12-23(30)26-18-27-25-17-16-24-22-11-3-5-13-28(22)35-33(24)34(25)37-32(27)19-31(26)36;1-2-8-18(9-3-1)32-26-13-7-5-11-20(26)23-16-24-22-15-14-21-19-10-4-6-12-25(19)31-29(21)30(22)33-28(24)17-27(23)32/h1-21,37H;1-19,35H;1-17,31H. The van der Waals surface area contributed by atoms with Gasteiger partial charge < -0.3 is 28.7 Å². The Hall–Kier alpha value is -13.5. The quantitative estimate of drug-likeness (QED) is 0.157. The van der Waals surface area contributed by atoms with Crippen molar-refractivity contribution in [3.8, 4) is 28.2 Å². The molecule has 26 rings (SSSR count). The third kappa shape index (κ3) is 9.07. The molecule has 9 heteroatoms. The van der Waals surface area contributed by atoms with Gasteiger partial charge in [-0.15, -0.1) is 34.0 Å². The van der Waals surface area contributed by atoms with Gasteiger partial charge >= 0.3 is 0 Å². The molecule has 6 nitrogen and oxygen atoms in total. The Kier molecular flexibility index (Phi) is 13.1. The van der Waals surface area contributed by atoms with Gasteiger partial charge in [0.25, 0.3) is 0 Å². The first-order valence-corrected chi connectivity index (χ1v) is 39.6. The Morgan fingerprint density at radius 3 is 0.972 bits per heavy atom. The minimum absolute atomic E-state index is 1.18. The van der Waals surface area contributed by atoms with Gasteiger partial charge in [0.05, 0.1) is 69.4 Å². The van der Waals surface area contributed by atoms with Crippen molar-refractivity contribution in [1.82, 2.24) is 28.7 Å². The van der Waals surface area contributed by atoms with Gasteiger partial charge in [0, 0.05) is 144 Å². The molecule has 3 N–H and O–H groups in total. The van der Waals surface area contributed by atoms with Crippen LogP contribution in [0.2, 0.25) is 0 Å². The molecule has 9 aromatic heterocycles. The van der Waals surface area contributed by atoms with Crippen LogP contribution in [0.15, 0.2) is 346 Å². The summed E-state index contributed by atoms with van der Waals surface area (Å²) in [7, 11) is 0. The van der Waals surface area contributed by atoms with Crippen molar-refractivity contribution in [1.29, 1.82) is 0 Å². The summed E-state index contributed by atoms with van der Waals surface area (Å²) in [6.45, 7) is 0. The molecular formula is C100H60N6S3. The number of H-pyrrole nitrogens is 3. The lowest BCUT2D eigenvalue weighted by Crippen LogP contribution is -1.94. The van der Waals surface area contributed by atoms with Crippen LogP contribution in [0.1, 0.15) is 0 Å². The Morgan fingerprint density at radius 1 is 0.193 bits per heavy atom. The van der Waals surface area contributed by atoms with E-state index in [2.05, 4.69) is 374 Å². The SMILES string of the molecule is c1ccc(-c2ccc(-n3c4ccccc4c4cc5c(cc43)sc3c5ccc4c5ccccc5[nH]c43)cc2)cc1.c1ccc(-n2c3ccccc3c3cc4c(cc32)sc2c4ccc3c4ccccc4[nH]c32)cc1.c1ccc2c(-n3c4ccccc4c4cc5c(cc43)sc3c5ccc4c5ccccc5[nH]c43)cccc2c1. The predicted octanol–water partition coefficient (Wildman–Crippen LogP) is 29.2. The van der Waals surface area contributed by atoms with Gasteiger partial charge in [-0.25, -0.2) is 0 Å². The maximum absolute atomic E-state index is 3.71. The van der Waals surface area contributed by atoms with Crippen molar-refractivity contribution in [2.75, 3.05) is 0 Å². The predicted molar refractivity (Wildman–Crippen MR) is 472 cm³/mol. The van der Waals surface area contributed by atoms with Crippen LogP contribution in [0.5, 0.6) is 0 Å². The fraction of sp³-hybridized carbons (Fsp3) is 0. The van der Waals surface area contributed by atoms with Gasteiger partial charge in [0.15, 0.2) is 0 Å². The second-order valence-electron chi connectivity index (χ2n) is 28.8. The first-order chi connectivity index (χ1) is 54.0. The number of nitrogens with one attached hydrogen (secondary N) is 3. The number of aromatic amines is 3. The highest BCUT2D eigenvalue weighted by molar-refractivity contribution is 7.27. The van der Waals surface area contributed by atoms with E-state index in [0.29, 0.717) is 0 Å². The molecular weight excluding hydrogens is 1380 g/mol. The zero-order chi connectivity index (χ0) is 71.1. The number of hydrogen-bond acceptors (Lipinski definition) is 3. The van der Waals surface area contributed by atoms with Crippen molar-refractivity contribution in [3.05, 3.63) is 346 Å². The topological polar surface area (TPSA) is 62.2 Å². The maximum Gasteiger partial charge on any atom is 0.0646 e. The maximum atomic E-state index is 3.71. The summed E-state index contributed by atoms with van der Waals surface area (Å²) in [5, 5.41) is 26.0. The molecule has 508 valence electrons. The van der Waals surface area contributed by atoms with E-state index in [0.717, 1.165) is 0 Å². The van der Waals surface area contributed by atoms with Crippen LogP contribution in [0, 0.1) is 0 Å². The van der Waals surface area contributed by atoms with Gasteiger partial charge in [-0.1, -0.05) is 243 Å². The van der Waals surface area contributed by atoms with Crippen LogP contribution >= 0.6 is 34.0 Å². The number of benzene rings is 17. The van der Waals surface area contributed by atoms with Gasteiger partial charge in [0.2, 0.25) is 0 Å². The third-order valence-corrected chi connectivity index (χ3v) is 26.5. The largest absolute Gasteiger partial charge is 0.353 e. The lowest BCUT2D eigenvalue weighted by Gasteiger charge is -2.11. The fourth-order valence-electron chi connectivity index (χ4n) is 18.1. The van der Waals surface area contributed by atoms with E-state index in [9.17, 15) is 0 Å². The van der Waals surface area contributed by atoms with Gasteiger partial charge in [-0.3, -0.25) is 0 Å². The number of aromatic nitrogens is 6. The van der Waals surface area contributed by atoms with E-state index >= 15 is 0 Å². The fourth-order valence-corrected chi connectivity index (χ4v) is 21.7. The molecule has 109 heavy (non-hydrogen) atoms. The second kappa shape index (κ2) is 23.5. The molecule has 0 aliphatic carbocycles. The number of nitrogens with zero attached hydrogens (tertiary/aromatic N) is 3. The van der Waals surface area contributed by atoms with Gasteiger partial charge in [-0.2, -0.15) is 0 Å². The van der Waals surface area contributed by atoms with E-state index in [1.807, 2.05) is 34.0 Å². The van der Waals surface area contributed by atoms with Crippen LogP contribution < -0.4 is 0 Å². The van der Waals surface area contributed by atoms with Crippen molar-refractivity contribution in [2.24, 2.45) is 0 Å². The van der Waals surface area contributed by atoms with Crippen LogP contribution in [0.3, 0.4) is 0 Å². The zero-order valence-corrected chi connectivity index (χ0v) is 60.9. The summed E-state index contributed by atoms with van der Waals surface area (Å²) in [6, 6.07) is 126. The van der Waals surface area contributed by atoms with Crippen LogP contribution in [-0.4, -0.2) is 28.7 Å². The van der Waals surface area contributed by atoms with Crippen molar-refractivity contribution in [2.45, 2.75) is 0 Å². The summed E-state index contributed by atoms with van der Waals surface area (Å²) in [5.74, 6) is 0. The van der Waals surface area contributed by atoms with Crippen LogP contribution in [0.25, 0.3) is 230 Å². The number of fused-ring (bicyclic) bond motifs is 31. The molecule has 26 aromatic rings. The van der Waals surface area contributed by atoms with Crippen molar-refractivity contribution < 1.29 is 0 Å². The average molecular weight is 1440 g/mol. The summed E-state index contributed by atoms with van der Waals surface area (Å²) >= 11 is 5.67. The Labute approximate surface area is 634 Å². The van der Waals surface area contributed by atoms with E-state index in [1.165, 1.54) is 230 Å². The first-order valence-electron chi connectivity index (χ1n) is 37.1. The Morgan fingerprint density at radius 2 is 0.523 bits per heavy atom. The van der Waals surface area contributed by atoms with Gasteiger partial charge in [0.1, 0.15) is 0 Å². The molecule has 0 saturated heterocycles. The summed E-state index contributed by atoms with van der Waals surface area (Å²) in [5.41, 5.74) is 20.9. The highest BCUT2D eigenvalue weighted by Gasteiger charge is 2.23. The zero-order valence-electron chi connectivity index (χ0n) is 58.5. The number of para-hydroxylation sites is 7. The minimum atomic E-state index is 1.18. The van der Waals surface area contributed by atoms with Gasteiger partial charge in [-0.05, 0) is 120 Å². The van der Waals surface area contributed by atoms with E-state index in [-0.39, 0.29) is 0 Å². The third-order valence-electron chi connectivity index (χ3n) is 23.0. The molecule has 0 unspecified atom stereocenters. The molecule has 0 radical (unpaired) electrons. The van der Waals surface area contributed by atoms with Crippen molar-refractivity contribution >= 4 is 236 Å². The second-order valence-corrected chi connectivity index (χ2v) is 32.0. The van der Waals surface area contributed by atoms with E-state index in [1.54, 1.807) is 0 Å². The minimum Gasteiger partial charge on any atom is -0.353 e. The highest BCUT2D eigenvalue weighted by atomic mass is 32.1. The smallest absolute Gasteiger partial charge is 0.0646 e. The molecule has 0 aliphatic rings. The Balaban J connectivity index is 0.0000000962. The first kappa shape index (κ1) is 60.7. The van der Waals surface area contributed by atoms with E-state index < -0.39 is 0 Å². The average Bonchev–Trinajstić information content (AvgIpc) is 1.57. The lowest BCUT2D eigenvalue weighted by atomic mass is 10.1. The summed E-state index contributed by atoms with van der Waals surface area (Å²) < 4.78 is 15.2. The molecule has 0 aliphatic heterocycles. The normalized spacial score (nSPS) is 12.2. The monoisotopic (exact) mass is 1440 g/mol. The molecule has 9 heterocycles. The Bertz CT molecular complexity index is 8290. The number of hydrogen-bond donors (Lipinski definition) is 3. The van der Waals surface area contributed by atoms with Crippen LogP contribution in [0.4, 0.5) is 0 Å². The summed E-state index contributed by atoms with van der Waals surface area (Å²) in [6.07, 6.45) is 0. The molecule has 0 bridgehead atoms. The molecule has 17 aromatic carbocycles.